The summed E-state index contributed by atoms with van der Waals surface area (Å²) in [6.07, 6.45) is 1.76. The summed E-state index contributed by atoms with van der Waals surface area (Å²) in [5.74, 6) is -0.739. The summed E-state index contributed by atoms with van der Waals surface area (Å²) in [7, 11) is 0. The van der Waals surface area contributed by atoms with Gasteiger partial charge in [-0.1, -0.05) is 67.6 Å². The van der Waals surface area contributed by atoms with Crippen molar-refractivity contribution in [2.24, 2.45) is 11.8 Å². The normalized spacial score (nSPS) is 16.5. The molecule has 0 bridgehead atoms. The van der Waals surface area contributed by atoms with E-state index in [1.54, 1.807) is 0 Å². The van der Waals surface area contributed by atoms with Crippen LogP contribution in [-0.4, -0.2) is 36.2 Å². The van der Waals surface area contributed by atoms with Crippen LogP contribution in [0.5, 0.6) is 5.75 Å². The lowest BCUT2D eigenvalue weighted by molar-refractivity contribution is -0.0164. The highest BCUT2D eigenvalue weighted by Crippen LogP contribution is 2.41. The van der Waals surface area contributed by atoms with Crippen molar-refractivity contribution < 1.29 is 18.6 Å². The lowest BCUT2D eigenvalue weighted by Gasteiger charge is -2.42. The molecule has 4 rings (SSSR count). The van der Waals surface area contributed by atoms with Gasteiger partial charge in [0.2, 0.25) is 0 Å². The second kappa shape index (κ2) is 10.4. The Hall–Kier alpha value is -2.76. The first kappa shape index (κ1) is 23.4. The number of rotatable bonds is 8. The van der Waals surface area contributed by atoms with Crippen molar-refractivity contribution in [3.05, 3.63) is 102 Å². The van der Waals surface area contributed by atoms with Crippen molar-refractivity contribution >= 4 is 0 Å². The van der Waals surface area contributed by atoms with Crippen LogP contribution in [0.3, 0.4) is 0 Å². The van der Waals surface area contributed by atoms with E-state index in [-0.39, 0.29) is 17.6 Å². The van der Waals surface area contributed by atoms with Gasteiger partial charge in [-0.25, -0.2) is 8.78 Å². The van der Waals surface area contributed by atoms with Crippen LogP contribution in [0.1, 0.15) is 30.9 Å². The minimum absolute atomic E-state index is 0.111. The van der Waals surface area contributed by atoms with Crippen molar-refractivity contribution in [3.8, 4) is 5.75 Å². The smallest absolute Gasteiger partial charge is 0.129 e. The van der Waals surface area contributed by atoms with Gasteiger partial charge in [0.15, 0.2) is 0 Å². The molecule has 174 valence electrons. The third-order valence-corrected chi connectivity index (χ3v) is 6.55. The zero-order valence-electron chi connectivity index (χ0n) is 19.0. The van der Waals surface area contributed by atoms with Crippen molar-refractivity contribution in [2.45, 2.75) is 25.4 Å². The molecule has 1 heterocycles. The highest BCUT2D eigenvalue weighted by atomic mass is 19.1. The molecule has 0 aromatic heterocycles. The lowest BCUT2D eigenvalue weighted by atomic mass is 9.72. The Kier molecular flexibility index (Phi) is 7.41. The zero-order valence-corrected chi connectivity index (χ0v) is 19.0. The Morgan fingerprint density at radius 2 is 1.42 bits per heavy atom. The maximum absolute atomic E-state index is 13.4. The topological polar surface area (TPSA) is 32.7 Å². The molecular weight excluding hydrogens is 420 g/mol. The van der Waals surface area contributed by atoms with Gasteiger partial charge in [0.05, 0.1) is 6.61 Å². The van der Waals surface area contributed by atoms with E-state index < -0.39 is 17.2 Å². The minimum Gasteiger partial charge on any atom is -0.493 e. The average Bonchev–Trinajstić information content (AvgIpc) is 2.83. The molecule has 3 nitrogen and oxygen atoms in total. The molecule has 1 aliphatic heterocycles. The Bertz CT molecular complexity index is 961. The lowest BCUT2D eigenvalue weighted by Crippen LogP contribution is -2.45. The molecular formula is C28H31F2NO2. The second-order valence-electron chi connectivity index (χ2n) is 9.09. The van der Waals surface area contributed by atoms with E-state index in [9.17, 15) is 13.9 Å². The molecule has 0 aliphatic carbocycles. The van der Waals surface area contributed by atoms with Crippen LogP contribution in [-0.2, 0) is 5.60 Å². The van der Waals surface area contributed by atoms with Gasteiger partial charge in [0.1, 0.15) is 23.0 Å². The van der Waals surface area contributed by atoms with E-state index in [4.69, 9.17) is 4.74 Å². The third-order valence-electron chi connectivity index (χ3n) is 6.55. The number of hydrogen-bond acceptors (Lipinski definition) is 3. The molecule has 1 aliphatic rings. The maximum atomic E-state index is 13.4. The number of likely N-dealkylation sites (tertiary alicyclic amines) is 1. The Labute approximate surface area is 194 Å². The summed E-state index contributed by atoms with van der Waals surface area (Å²) in [6.45, 7) is 5.06. The first-order valence-corrected chi connectivity index (χ1v) is 11.6. The van der Waals surface area contributed by atoms with Gasteiger partial charge in [-0.2, -0.15) is 0 Å². The van der Waals surface area contributed by atoms with Crippen molar-refractivity contribution in [1.29, 1.82) is 0 Å². The van der Waals surface area contributed by atoms with Crippen LogP contribution in [0.4, 0.5) is 8.78 Å². The SMILES string of the molecule is CC(COc1cc(F)cc(F)c1)CN1CCC(C(O)(c2ccccc2)c2ccccc2)CC1. The molecule has 5 heteroatoms. The summed E-state index contributed by atoms with van der Waals surface area (Å²) < 4.78 is 32.3. The molecule has 0 amide bonds. The van der Waals surface area contributed by atoms with E-state index in [1.165, 1.54) is 12.1 Å². The number of nitrogens with zero attached hydrogens (tertiary/aromatic N) is 1. The highest BCUT2D eigenvalue weighted by Gasteiger charge is 2.41. The Balaban J connectivity index is 1.37. The number of benzene rings is 3. The predicted molar refractivity (Wildman–Crippen MR) is 126 cm³/mol. The summed E-state index contributed by atoms with van der Waals surface area (Å²) in [4.78, 5) is 2.38. The second-order valence-corrected chi connectivity index (χ2v) is 9.09. The van der Waals surface area contributed by atoms with E-state index in [0.29, 0.717) is 6.61 Å². The van der Waals surface area contributed by atoms with Gasteiger partial charge in [-0.15, -0.1) is 0 Å². The van der Waals surface area contributed by atoms with Gasteiger partial charge in [0, 0.05) is 30.7 Å². The molecule has 0 spiro atoms. The van der Waals surface area contributed by atoms with Gasteiger partial charge < -0.3 is 14.7 Å². The van der Waals surface area contributed by atoms with Crippen LogP contribution >= 0.6 is 0 Å². The van der Waals surface area contributed by atoms with Crippen LogP contribution in [0.2, 0.25) is 0 Å². The van der Waals surface area contributed by atoms with E-state index in [2.05, 4.69) is 11.8 Å². The maximum Gasteiger partial charge on any atom is 0.129 e. The molecule has 1 fully saturated rings. The number of aliphatic hydroxyl groups is 1. The average molecular weight is 452 g/mol. The van der Waals surface area contributed by atoms with E-state index in [0.717, 1.165) is 49.7 Å². The van der Waals surface area contributed by atoms with Crippen molar-refractivity contribution in [1.82, 2.24) is 4.90 Å². The molecule has 1 saturated heterocycles. The zero-order chi connectivity index (χ0) is 23.3. The van der Waals surface area contributed by atoms with Crippen LogP contribution in [0, 0.1) is 23.5 Å². The number of ether oxygens (including phenoxy) is 1. The van der Waals surface area contributed by atoms with Crippen LogP contribution in [0.25, 0.3) is 0 Å². The highest BCUT2D eigenvalue weighted by molar-refractivity contribution is 5.37. The molecule has 33 heavy (non-hydrogen) atoms. The molecule has 3 aromatic carbocycles. The number of halogens is 2. The molecule has 1 N–H and O–H groups in total. The fourth-order valence-electron chi connectivity index (χ4n) is 4.90. The fraction of sp³-hybridized carbons (Fsp3) is 0.357. The van der Waals surface area contributed by atoms with Gasteiger partial charge in [0.25, 0.3) is 0 Å². The summed E-state index contributed by atoms with van der Waals surface area (Å²) >= 11 is 0. The largest absolute Gasteiger partial charge is 0.493 e. The molecule has 3 aromatic rings. The molecule has 1 atom stereocenters. The summed E-state index contributed by atoms with van der Waals surface area (Å²) in [5, 5.41) is 12.0. The van der Waals surface area contributed by atoms with Crippen molar-refractivity contribution in [3.63, 3.8) is 0 Å². The minimum atomic E-state index is -1.02. The standard InChI is InChI=1S/C28H31F2NO2/c1-21(20-33-27-17-25(29)16-26(30)18-27)19-31-14-12-24(13-15-31)28(32,22-8-4-2-5-9-22)23-10-6-3-7-11-23/h2-11,16-18,21,24,32H,12-15,19-20H2,1H3. The van der Waals surface area contributed by atoms with Gasteiger partial charge in [-0.3, -0.25) is 0 Å². The van der Waals surface area contributed by atoms with Gasteiger partial charge in [-0.05, 0) is 43.0 Å². The van der Waals surface area contributed by atoms with Gasteiger partial charge >= 0.3 is 0 Å². The summed E-state index contributed by atoms with van der Waals surface area (Å²) in [6, 6.07) is 23.1. The van der Waals surface area contributed by atoms with Crippen molar-refractivity contribution in [2.75, 3.05) is 26.2 Å². The summed E-state index contributed by atoms with van der Waals surface area (Å²) in [5.41, 5.74) is 0.836. The Morgan fingerprint density at radius 3 is 1.94 bits per heavy atom. The quantitative estimate of drug-likeness (QED) is 0.482. The predicted octanol–water partition coefficient (Wildman–Crippen LogP) is 5.63. The molecule has 1 unspecified atom stereocenters. The number of hydrogen-bond donors (Lipinski definition) is 1. The molecule has 0 radical (unpaired) electrons. The molecule has 0 saturated carbocycles. The Morgan fingerprint density at radius 1 is 0.909 bits per heavy atom. The van der Waals surface area contributed by atoms with E-state index >= 15 is 0 Å². The first-order chi connectivity index (χ1) is 15.9. The van der Waals surface area contributed by atoms with Crippen LogP contribution < -0.4 is 4.74 Å². The number of piperidine rings is 1. The van der Waals surface area contributed by atoms with E-state index in [1.807, 2.05) is 60.7 Å². The monoisotopic (exact) mass is 451 g/mol. The van der Waals surface area contributed by atoms with Crippen LogP contribution in [0.15, 0.2) is 78.9 Å². The first-order valence-electron chi connectivity index (χ1n) is 11.6. The third kappa shape index (κ3) is 5.60. The fourth-order valence-corrected chi connectivity index (χ4v) is 4.90.